The molecule has 2 heterocycles. The molecule has 1 N–H and O–H groups in total. The van der Waals surface area contributed by atoms with Gasteiger partial charge in [-0.3, -0.25) is 15.5 Å². The number of hydrogen-bond donors (Lipinski definition) is 1. The van der Waals surface area contributed by atoms with E-state index in [1.165, 1.54) is 12.1 Å². The smallest absolute Gasteiger partial charge is 0.260 e. The molecular formula is C18H11ClN4O2S. The van der Waals surface area contributed by atoms with Crippen LogP contribution in [0.4, 0.5) is 11.4 Å². The zero-order chi connectivity index (χ0) is 18.1. The summed E-state index contributed by atoms with van der Waals surface area (Å²) in [5.74, 6) is 0.639. The first-order valence-electron chi connectivity index (χ1n) is 7.63. The highest BCUT2D eigenvalue weighted by molar-refractivity contribution is 7.12. The van der Waals surface area contributed by atoms with Crippen molar-refractivity contribution in [3.05, 3.63) is 91.1 Å². The van der Waals surface area contributed by atoms with Crippen molar-refractivity contribution in [2.45, 2.75) is 0 Å². The van der Waals surface area contributed by atoms with Gasteiger partial charge in [0, 0.05) is 28.3 Å². The van der Waals surface area contributed by atoms with Crippen molar-refractivity contribution in [1.82, 2.24) is 5.43 Å². The number of nitrogens with zero attached hydrogens (tertiary/aromatic N) is 3. The highest BCUT2D eigenvalue weighted by atomic mass is 35.5. The molecule has 1 aliphatic heterocycles. The maximum Gasteiger partial charge on any atom is 0.269 e. The first-order valence-corrected chi connectivity index (χ1v) is 8.88. The Bertz CT molecular complexity index is 1040. The molecule has 128 valence electrons. The molecule has 6 nitrogen and oxygen atoms in total. The Morgan fingerprint density at radius 1 is 1.12 bits per heavy atom. The van der Waals surface area contributed by atoms with Gasteiger partial charge in [0.25, 0.3) is 5.69 Å². The molecule has 0 amide bonds. The van der Waals surface area contributed by atoms with Crippen molar-refractivity contribution in [3.8, 4) is 0 Å². The average Bonchev–Trinajstić information content (AvgIpc) is 3.11. The molecule has 0 saturated heterocycles. The van der Waals surface area contributed by atoms with Crippen LogP contribution in [-0.4, -0.2) is 16.5 Å². The predicted molar refractivity (Wildman–Crippen MR) is 104 cm³/mol. The van der Waals surface area contributed by atoms with E-state index in [1.54, 1.807) is 35.6 Å². The number of benzene rings is 2. The summed E-state index contributed by atoms with van der Waals surface area (Å²) in [6.07, 6.45) is 0. The molecule has 8 heteroatoms. The van der Waals surface area contributed by atoms with E-state index in [0.717, 1.165) is 21.7 Å². The van der Waals surface area contributed by atoms with Gasteiger partial charge in [-0.15, -0.1) is 11.3 Å². The summed E-state index contributed by atoms with van der Waals surface area (Å²) in [5.41, 5.74) is 5.86. The minimum atomic E-state index is -0.431. The molecule has 1 aromatic heterocycles. The van der Waals surface area contributed by atoms with E-state index >= 15 is 0 Å². The summed E-state index contributed by atoms with van der Waals surface area (Å²) in [6, 6.07) is 15.5. The van der Waals surface area contributed by atoms with Crippen LogP contribution in [0.15, 0.2) is 70.1 Å². The minimum Gasteiger partial charge on any atom is -0.260 e. The number of nitro groups is 1. The fourth-order valence-corrected chi connectivity index (χ4v) is 3.43. The second kappa shape index (κ2) is 6.70. The lowest BCUT2D eigenvalue weighted by atomic mass is 10.0. The van der Waals surface area contributed by atoms with E-state index in [-0.39, 0.29) is 5.69 Å². The molecule has 0 radical (unpaired) electrons. The number of non-ortho nitro benzene ring substituents is 1. The lowest BCUT2D eigenvalue weighted by molar-refractivity contribution is -0.384. The van der Waals surface area contributed by atoms with Gasteiger partial charge in [0.05, 0.1) is 15.5 Å². The highest BCUT2D eigenvalue weighted by Gasteiger charge is 2.18. The molecular weight excluding hydrogens is 372 g/mol. The number of hydrazone groups is 1. The Morgan fingerprint density at radius 3 is 2.62 bits per heavy atom. The van der Waals surface area contributed by atoms with Crippen molar-refractivity contribution in [2.24, 2.45) is 10.1 Å². The van der Waals surface area contributed by atoms with Gasteiger partial charge in [-0.2, -0.15) is 5.10 Å². The average molecular weight is 383 g/mol. The van der Waals surface area contributed by atoms with Crippen LogP contribution in [0.3, 0.4) is 0 Å². The van der Waals surface area contributed by atoms with Gasteiger partial charge in [0.2, 0.25) is 0 Å². The largest absolute Gasteiger partial charge is 0.269 e. The van der Waals surface area contributed by atoms with Gasteiger partial charge >= 0.3 is 0 Å². The number of hydrogen-bond acceptors (Lipinski definition) is 6. The summed E-state index contributed by atoms with van der Waals surface area (Å²) in [5, 5.41) is 17.9. The fraction of sp³-hybridized carbons (Fsp3) is 0. The number of halogens is 1. The predicted octanol–water partition coefficient (Wildman–Crippen LogP) is 4.74. The van der Waals surface area contributed by atoms with Crippen molar-refractivity contribution in [3.63, 3.8) is 0 Å². The molecule has 3 aromatic rings. The van der Waals surface area contributed by atoms with E-state index in [1.807, 2.05) is 23.6 Å². The molecule has 26 heavy (non-hydrogen) atoms. The topological polar surface area (TPSA) is 79.9 Å². The van der Waals surface area contributed by atoms with Crippen LogP contribution in [0.2, 0.25) is 5.02 Å². The van der Waals surface area contributed by atoms with Crippen LogP contribution in [0, 0.1) is 10.1 Å². The van der Waals surface area contributed by atoms with Crippen LogP contribution in [0.25, 0.3) is 0 Å². The number of nitrogens with one attached hydrogen (secondary N) is 1. The Balaban J connectivity index is 1.84. The Labute approximate surface area is 157 Å². The number of thiophene rings is 1. The molecule has 4 rings (SSSR count). The number of nitro benzene ring substituents is 1. The normalized spacial score (nSPS) is 13.1. The van der Waals surface area contributed by atoms with Gasteiger partial charge in [0.15, 0.2) is 5.84 Å². The lowest BCUT2D eigenvalue weighted by Crippen LogP contribution is -2.18. The number of amidine groups is 1. The summed E-state index contributed by atoms with van der Waals surface area (Å²) < 4.78 is 0. The maximum atomic E-state index is 10.9. The van der Waals surface area contributed by atoms with E-state index in [0.29, 0.717) is 16.6 Å². The van der Waals surface area contributed by atoms with Gasteiger partial charge < -0.3 is 0 Å². The number of aliphatic imine (C=N–C) groups is 1. The third kappa shape index (κ3) is 3.10. The van der Waals surface area contributed by atoms with Gasteiger partial charge in [-0.25, -0.2) is 4.99 Å². The molecule has 1 aliphatic rings. The maximum absolute atomic E-state index is 10.9. The molecule has 0 unspecified atom stereocenters. The molecule has 0 saturated carbocycles. The Hall–Kier alpha value is -3.03. The zero-order valence-corrected chi connectivity index (χ0v) is 14.8. The van der Waals surface area contributed by atoms with Crippen molar-refractivity contribution in [2.75, 3.05) is 0 Å². The SMILES string of the molecule is O=[N+]([O-])c1ccc(C2=NNC(c3cccs3)=Nc3ccc(Cl)cc32)cc1. The minimum absolute atomic E-state index is 0.0257. The second-order valence-electron chi connectivity index (χ2n) is 5.48. The third-order valence-corrected chi connectivity index (χ3v) is 4.94. The van der Waals surface area contributed by atoms with E-state index in [9.17, 15) is 10.1 Å². The highest BCUT2D eigenvalue weighted by Crippen LogP contribution is 2.29. The molecule has 2 aromatic carbocycles. The Kier molecular flexibility index (Phi) is 4.24. The van der Waals surface area contributed by atoms with Gasteiger partial charge in [-0.05, 0) is 41.8 Å². The van der Waals surface area contributed by atoms with Crippen LogP contribution in [0.5, 0.6) is 0 Å². The van der Waals surface area contributed by atoms with E-state index < -0.39 is 4.92 Å². The quantitative estimate of drug-likeness (QED) is 0.524. The third-order valence-electron chi connectivity index (χ3n) is 3.83. The van der Waals surface area contributed by atoms with Crippen LogP contribution in [0.1, 0.15) is 16.0 Å². The summed E-state index contributed by atoms with van der Waals surface area (Å²) in [6.45, 7) is 0. The van der Waals surface area contributed by atoms with Crippen LogP contribution in [-0.2, 0) is 0 Å². The fourth-order valence-electron chi connectivity index (χ4n) is 2.59. The molecule has 0 bridgehead atoms. The monoisotopic (exact) mass is 382 g/mol. The van der Waals surface area contributed by atoms with E-state index in [2.05, 4.69) is 15.5 Å². The van der Waals surface area contributed by atoms with E-state index in [4.69, 9.17) is 11.6 Å². The summed E-state index contributed by atoms with van der Waals surface area (Å²) in [7, 11) is 0. The van der Waals surface area contributed by atoms with Gasteiger partial charge in [0.1, 0.15) is 5.71 Å². The van der Waals surface area contributed by atoms with Crippen molar-refractivity contribution >= 4 is 45.9 Å². The van der Waals surface area contributed by atoms with Gasteiger partial charge in [-0.1, -0.05) is 17.7 Å². The number of rotatable bonds is 3. The summed E-state index contributed by atoms with van der Waals surface area (Å²) in [4.78, 5) is 16.1. The van der Waals surface area contributed by atoms with Crippen molar-refractivity contribution in [1.29, 1.82) is 0 Å². The Morgan fingerprint density at radius 2 is 1.92 bits per heavy atom. The first kappa shape index (κ1) is 16.4. The van der Waals surface area contributed by atoms with Crippen molar-refractivity contribution < 1.29 is 4.92 Å². The first-order chi connectivity index (χ1) is 12.6. The van der Waals surface area contributed by atoms with Crippen LogP contribution < -0.4 is 5.43 Å². The standard InChI is InChI=1S/C18H11ClN4O2S/c19-12-5-8-15-14(10-12)17(11-3-6-13(7-4-11)23(24)25)21-22-18(20-15)16-2-1-9-26-16/h1-10H,(H,20,22). The van der Waals surface area contributed by atoms with Crippen LogP contribution >= 0.6 is 22.9 Å². The zero-order valence-electron chi connectivity index (χ0n) is 13.2. The molecule has 0 fully saturated rings. The molecule has 0 atom stereocenters. The number of fused-ring (bicyclic) bond motifs is 1. The second-order valence-corrected chi connectivity index (χ2v) is 6.86. The lowest BCUT2D eigenvalue weighted by Gasteiger charge is -2.08. The molecule has 0 spiro atoms. The summed E-state index contributed by atoms with van der Waals surface area (Å²) >= 11 is 7.73. The molecule has 0 aliphatic carbocycles.